The van der Waals surface area contributed by atoms with Crippen molar-refractivity contribution in [3.8, 4) is 0 Å². The van der Waals surface area contributed by atoms with Gasteiger partial charge in [-0.15, -0.1) is 0 Å². The van der Waals surface area contributed by atoms with Gasteiger partial charge in [0.05, 0.1) is 4.90 Å². The van der Waals surface area contributed by atoms with Gasteiger partial charge >= 0.3 is 0 Å². The highest BCUT2D eigenvalue weighted by atomic mass is 32.2. The molecule has 0 aromatic heterocycles. The lowest BCUT2D eigenvalue weighted by Crippen LogP contribution is -2.34. The monoisotopic (exact) mass is 359 g/mol. The Bertz CT molecular complexity index is 856. The molecule has 3 nitrogen and oxygen atoms in total. The van der Waals surface area contributed by atoms with E-state index in [-0.39, 0.29) is 5.82 Å². The lowest BCUT2D eigenvalue weighted by atomic mass is 10.0. The van der Waals surface area contributed by atoms with E-state index in [0.717, 1.165) is 29.5 Å². The second kappa shape index (κ2) is 7.50. The van der Waals surface area contributed by atoms with Crippen molar-refractivity contribution in [2.24, 2.45) is 0 Å². The molecule has 25 heavy (non-hydrogen) atoms. The van der Waals surface area contributed by atoms with Crippen LogP contribution in [0.5, 0.6) is 0 Å². The molecular formula is C20H22FNO2S. The Morgan fingerprint density at radius 3 is 2.28 bits per heavy atom. The summed E-state index contributed by atoms with van der Waals surface area (Å²) >= 11 is 0. The molecule has 0 saturated carbocycles. The highest BCUT2D eigenvalue weighted by Crippen LogP contribution is 2.26. The second-order valence-corrected chi connectivity index (χ2v) is 8.18. The van der Waals surface area contributed by atoms with Crippen LogP contribution in [0.4, 0.5) is 4.39 Å². The lowest BCUT2D eigenvalue weighted by Gasteiger charge is -2.26. The summed E-state index contributed by atoms with van der Waals surface area (Å²) in [5.74, 6) is -0.268. The van der Waals surface area contributed by atoms with Crippen LogP contribution in [-0.2, 0) is 16.4 Å². The molecule has 2 aromatic carbocycles. The molecule has 1 heterocycles. The number of rotatable bonds is 5. The zero-order chi connectivity index (χ0) is 17.9. The fourth-order valence-corrected chi connectivity index (χ4v) is 4.44. The topological polar surface area (TPSA) is 37.4 Å². The molecule has 2 aromatic rings. The van der Waals surface area contributed by atoms with Crippen molar-refractivity contribution in [3.63, 3.8) is 0 Å². The minimum Gasteiger partial charge on any atom is -0.207 e. The summed E-state index contributed by atoms with van der Waals surface area (Å²) in [6, 6.07) is 13.5. The summed E-state index contributed by atoms with van der Waals surface area (Å²) in [6.45, 7) is 2.87. The van der Waals surface area contributed by atoms with Gasteiger partial charge in [-0.3, -0.25) is 0 Å². The molecule has 0 saturated heterocycles. The number of aryl methyl sites for hydroxylation is 1. The maximum atomic E-state index is 13.0. The summed E-state index contributed by atoms with van der Waals surface area (Å²) in [4.78, 5) is 0.339. The van der Waals surface area contributed by atoms with Crippen LogP contribution in [0.15, 0.2) is 59.5 Å². The Hall–Kier alpha value is -1.98. The van der Waals surface area contributed by atoms with Crippen LogP contribution in [0.2, 0.25) is 0 Å². The van der Waals surface area contributed by atoms with Crippen molar-refractivity contribution in [1.29, 1.82) is 0 Å². The third-order valence-electron chi connectivity index (χ3n) is 4.49. The average molecular weight is 359 g/mol. The quantitative estimate of drug-likeness (QED) is 0.800. The largest absolute Gasteiger partial charge is 0.243 e. The Morgan fingerprint density at radius 2 is 1.72 bits per heavy atom. The van der Waals surface area contributed by atoms with Crippen LogP contribution in [0.25, 0.3) is 5.57 Å². The fourth-order valence-electron chi connectivity index (χ4n) is 3.06. The Labute approximate surface area is 148 Å². The SMILES string of the molecule is CCCc1ccc(S(=O)(=O)N2CC=C(c3ccc(F)cc3)CC2)cc1. The molecule has 0 unspecified atom stereocenters. The maximum absolute atomic E-state index is 13.0. The van der Waals surface area contributed by atoms with E-state index in [0.29, 0.717) is 24.4 Å². The highest BCUT2D eigenvalue weighted by Gasteiger charge is 2.26. The summed E-state index contributed by atoms with van der Waals surface area (Å²) in [5.41, 5.74) is 3.16. The second-order valence-electron chi connectivity index (χ2n) is 6.24. The maximum Gasteiger partial charge on any atom is 0.243 e. The molecule has 132 valence electrons. The van der Waals surface area contributed by atoms with Gasteiger partial charge < -0.3 is 0 Å². The van der Waals surface area contributed by atoms with Crippen molar-refractivity contribution in [3.05, 3.63) is 71.6 Å². The van der Waals surface area contributed by atoms with Gasteiger partial charge in [0.15, 0.2) is 0 Å². The van der Waals surface area contributed by atoms with E-state index in [1.807, 2.05) is 18.2 Å². The minimum atomic E-state index is -3.48. The smallest absolute Gasteiger partial charge is 0.207 e. The Morgan fingerprint density at radius 1 is 1.04 bits per heavy atom. The molecule has 0 atom stereocenters. The van der Waals surface area contributed by atoms with Gasteiger partial charge in [0.25, 0.3) is 0 Å². The molecule has 5 heteroatoms. The average Bonchev–Trinajstić information content (AvgIpc) is 2.63. The third-order valence-corrected chi connectivity index (χ3v) is 6.37. The molecule has 0 radical (unpaired) electrons. The third kappa shape index (κ3) is 3.99. The first kappa shape index (κ1) is 17.8. The molecule has 1 aliphatic heterocycles. The molecule has 0 N–H and O–H groups in total. The van der Waals surface area contributed by atoms with E-state index in [4.69, 9.17) is 0 Å². The summed E-state index contributed by atoms with van der Waals surface area (Å²) < 4.78 is 40.1. The first-order chi connectivity index (χ1) is 12.0. The molecule has 0 fully saturated rings. The van der Waals surface area contributed by atoms with E-state index < -0.39 is 10.0 Å². The van der Waals surface area contributed by atoms with E-state index in [1.54, 1.807) is 24.3 Å². The van der Waals surface area contributed by atoms with Crippen LogP contribution in [0.1, 0.15) is 30.9 Å². The van der Waals surface area contributed by atoms with Crippen LogP contribution in [0.3, 0.4) is 0 Å². The minimum absolute atomic E-state index is 0.268. The zero-order valence-corrected chi connectivity index (χ0v) is 15.1. The van der Waals surface area contributed by atoms with E-state index >= 15 is 0 Å². The molecule has 0 aliphatic carbocycles. The molecule has 3 rings (SSSR count). The van der Waals surface area contributed by atoms with Gasteiger partial charge in [0.2, 0.25) is 10.0 Å². The number of halogens is 1. The van der Waals surface area contributed by atoms with Gasteiger partial charge in [0, 0.05) is 13.1 Å². The summed E-state index contributed by atoms with van der Waals surface area (Å²) in [5, 5.41) is 0. The fraction of sp³-hybridized carbons (Fsp3) is 0.300. The van der Waals surface area contributed by atoms with Gasteiger partial charge in [-0.25, -0.2) is 12.8 Å². The first-order valence-electron chi connectivity index (χ1n) is 8.55. The van der Waals surface area contributed by atoms with Crippen LogP contribution >= 0.6 is 0 Å². The number of benzene rings is 2. The van der Waals surface area contributed by atoms with Crippen molar-refractivity contribution >= 4 is 15.6 Å². The first-order valence-corrected chi connectivity index (χ1v) is 9.99. The number of nitrogens with zero attached hydrogens (tertiary/aromatic N) is 1. The lowest BCUT2D eigenvalue weighted by molar-refractivity contribution is 0.441. The van der Waals surface area contributed by atoms with Crippen molar-refractivity contribution < 1.29 is 12.8 Å². The molecule has 0 amide bonds. The van der Waals surface area contributed by atoms with E-state index in [9.17, 15) is 12.8 Å². The van der Waals surface area contributed by atoms with E-state index in [1.165, 1.54) is 16.4 Å². The van der Waals surface area contributed by atoms with E-state index in [2.05, 4.69) is 6.92 Å². The molecule has 1 aliphatic rings. The van der Waals surface area contributed by atoms with Crippen LogP contribution in [-0.4, -0.2) is 25.8 Å². The molecule has 0 spiro atoms. The van der Waals surface area contributed by atoms with Gasteiger partial charge in [0.1, 0.15) is 5.82 Å². The predicted molar refractivity (Wildman–Crippen MR) is 98.2 cm³/mol. The van der Waals surface area contributed by atoms with Gasteiger partial charge in [-0.1, -0.05) is 43.7 Å². The Balaban J connectivity index is 1.75. The zero-order valence-electron chi connectivity index (χ0n) is 14.3. The molecular weight excluding hydrogens is 337 g/mol. The summed E-state index contributed by atoms with van der Waals surface area (Å²) in [7, 11) is -3.48. The van der Waals surface area contributed by atoms with Crippen LogP contribution in [0, 0.1) is 5.82 Å². The molecule has 0 bridgehead atoms. The normalized spacial score (nSPS) is 15.8. The van der Waals surface area contributed by atoms with Crippen molar-refractivity contribution in [2.75, 3.05) is 13.1 Å². The highest BCUT2D eigenvalue weighted by molar-refractivity contribution is 7.89. The van der Waals surface area contributed by atoms with Crippen LogP contribution < -0.4 is 0 Å². The van der Waals surface area contributed by atoms with Gasteiger partial charge in [-0.2, -0.15) is 4.31 Å². The Kier molecular flexibility index (Phi) is 5.35. The summed E-state index contributed by atoms with van der Waals surface area (Å²) in [6.07, 6.45) is 4.53. The standard InChI is InChI=1S/C20H22FNO2S/c1-2-3-16-4-10-20(11-5-16)25(23,24)22-14-12-18(13-15-22)17-6-8-19(21)9-7-17/h4-12H,2-3,13-15H2,1H3. The van der Waals surface area contributed by atoms with Gasteiger partial charge in [-0.05, 0) is 53.8 Å². The van der Waals surface area contributed by atoms with Crippen molar-refractivity contribution in [1.82, 2.24) is 4.31 Å². The number of sulfonamides is 1. The van der Waals surface area contributed by atoms with Crippen molar-refractivity contribution in [2.45, 2.75) is 31.1 Å². The number of hydrogen-bond donors (Lipinski definition) is 0. The predicted octanol–water partition coefficient (Wildman–Crippen LogP) is 4.26. The number of hydrogen-bond acceptors (Lipinski definition) is 2.